The molecule has 2 aliphatic rings. The van der Waals surface area contributed by atoms with Crippen LogP contribution in [0.3, 0.4) is 0 Å². The Balaban J connectivity index is 2.36. The van der Waals surface area contributed by atoms with Crippen molar-refractivity contribution in [1.29, 1.82) is 5.26 Å². The van der Waals surface area contributed by atoms with Crippen LogP contribution >= 0.6 is 22.6 Å². The van der Waals surface area contributed by atoms with Crippen molar-refractivity contribution < 1.29 is 0 Å². The average molecular weight is 272 g/mol. The first-order chi connectivity index (χ1) is 5.83. The number of allylic oxidation sites excluding steroid dienone is 2. The monoisotopic (exact) mass is 272 g/mol. The van der Waals surface area contributed by atoms with Crippen molar-refractivity contribution in [3.8, 4) is 6.07 Å². The van der Waals surface area contributed by atoms with Gasteiger partial charge in [0.05, 0.1) is 0 Å². The summed E-state index contributed by atoms with van der Waals surface area (Å²) in [6, 6.07) is 2.10. The topological polar surface area (TPSA) is 51.4 Å². The summed E-state index contributed by atoms with van der Waals surface area (Å²) < 4.78 is 0.851. The Bertz CT molecular complexity index is 336. The Morgan fingerprint density at radius 1 is 1.75 bits per heavy atom. The summed E-state index contributed by atoms with van der Waals surface area (Å²) in [6.45, 7) is 0. The lowest BCUT2D eigenvalue weighted by Crippen LogP contribution is -2.33. The standard InChI is InChI=1S/C7H5IN4/c8-7-5(4-9)12-6(11-7)2-1-3-10-12/h1-3,6,11H. The van der Waals surface area contributed by atoms with Crippen LogP contribution in [0.5, 0.6) is 0 Å². The molecule has 2 heterocycles. The van der Waals surface area contributed by atoms with Gasteiger partial charge >= 0.3 is 0 Å². The molecule has 1 N–H and O–H groups in total. The molecule has 60 valence electrons. The van der Waals surface area contributed by atoms with Crippen LogP contribution in [-0.2, 0) is 0 Å². The molecule has 0 aliphatic carbocycles. The van der Waals surface area contributed by atoms with Gasteiger partial charge in [-0.15, -0.1) is 0 Å². The molecule has 1 atom stereocenters. The zero-order valence-electron chi connectivity index (χ0n) is 6.03. The number of nitriles is 1. The Labute approximate surface area is 83.4 Å². The maximum absolute atomic E-state index is 8.78. The van der Waals surface area contributed by atoms with Gasteiger partial charge in [-0.1, -0.05) is 0 Å². The quantitative estimate of drug-likeness (QED) is 0.526. The van der Waals surface area contributed by atoms with Crippen LogP contribution in [0.15, 0.2) is 26.7 Å². The first kappa shape index (κ1) is 7.61. The fraction of sp³-hybridized carbons (Fsp3) is 0.143. The van der Waals surface area contributed by atoms with E-state index in [4.69, 9.17) is 5.26 Å². The van der Waals surface area contributed by atoms with Gasteiger partial charge in [-0.2, -0.15) is 10.4 Å². The fourth-order valence-electron chi connectivity index (χ4n) is 1.12. The smallest absolute Gasteiger partial charge is 0.169 e. The first-order valence-electron chi connectivity index (χ1n) is 3.39. The maximum atomic E-state index is 8.78. The number of fused-ring (bicyclic) bond motifs is 1. The van der Waals surface area contributed by atoms with Crippen molar-refractivity contribution in [3.05, 3.63) is 21.6 Å². The van der Waals surface area contributed by atoms with Gasteiger partial charge in [0.25, 0.3) is 0 Å². The number of rotatable bonds is 0. The second-order valence-electron chi connectivity index (χ2n) is 2.36. The van der Waals surface area contributed by atoms with Crippen LogP contribution in [0, 0.1) is 11.3 Å². The van der Waals surface area contributed by atoms with E-state index < -0.39 is 0 Å². The van der Waals surface area contributed by atoms with E-state index in [0.717, 1.165) is 3.70 Å². The van der Waals surface area contributed by atoms with Crippen LogP contribution < -0.4 is 5.32 Å². The molecular weight excluding hydrogens is 267 g/mol. The predicted molar refractivity (Wildman–Crippen MR) is 53.1 cm³/mol. The zero-order valence-corrected chi connectivity index (χ0v) is 8.19. The normalized spacial score (nSPS) is 25.3. The van der Waals surface area contributed by atoms with Gasteiger partial charge in [-0.3, -0.25) is 0 Å². The van der Waals surface area contributed by atoms with E-state index in [1.807, 2.05) is 12.2 Å². The minimum absolute atomic E-state index is 0.0246. The van der Waals surface area contributed by atoms with E-state index in [2.05, 4.69) is 39.1 Å². The lowest BCUT2D eigenvalue weighted by molar-refractivity contribution is 0.326. The minimum atomic E-state index is 0.0246. The number of hydrogen-bond acceptors (Lipinski definition) is 4. The Kier molecular flexibility index (Phi) is 1.77. The maximum Gasteiger partial charge on any atom is 0.169 e. The van der Waals surface area contributed by atoms with Crippen LogP contribution in [0.1, 0.15) is 0 Å². The molecule has 0 bridgehead atoms. The third-order valence-electron chi connectivity index (χ3n) is 1.65. The molecule has 0 fully saturated rings. The largest absolute Gasteiger partial charge is 0.353 e. The number of nitrogens with one attached hydrogen (secondary N) is 1. The molecule has 0 radical (unpaired) electrons. The number of hydrazone groups is 1. The molecule has 0 amide bonds. The zero-order chi connectivity index (χ0) is 8.55. The van der Waals surface area contributed by atoms with Gasteiger partial charge in [-0.25, -0.2) is 5.01 Å². The summed E-state index contributed by atoms with van der Waals surface area (Å²) in [4.78, 5) is 0. The van der Waals surface area contributed by atoms with Gasteiger partial charge in [0.2, 0.25) is 0 Å². The Morgan fingerprint density at radius 2 is 2.58 bits per heavy atom. The summed E-state index contributed by atoms with van der Waals surface area (Å²) in [6.07, 6.45) is 5.51. The third kappa shape index (κ3) is 0.992. The van der Waals surface area contributed by atoms with Crippen molar-refractivity contribution in [2.24, 2.45) is 5.10 Å². The molecule has 0 saturated carbocycles. The van der Waals surface area contributed by atoms with Crippen LogP contribution in [0.25, 0.3) is 0 Å². The second-order valence-corrected chi connectivity index (χ2v) is 3.44. The Morgan fingerprint density at radius 3 is 3.33 bits per heavy atom. The predicted octanol–water partition coefficient (Wildman–Crippen LogP) is 0.901. The van der Waals surface area contributed by atoms with E-state index in [-0.39, 0.29) is 6.17 Å². The SMILES string of the molecule is N#CC1=C(I)NC2C=CC=NN12. The summed E-state index contributed by atoms with van der Waals surface area (Å²) in [5, 5.41) is 17.6. The van der Waals surface area contributed by atoms with Gasteiger partial charge in [-0.05, 0) is 34.7 Å². The summed E-state index contributed by atoms with van der Waals surface area (Å²) in [5.41, 5.74) is 0.584. The molecule has 0 aromatic heterocycles. The molecule has 1 unspecified atom stereocenters. The third-order valence-corrected chi connectivity index (χ3v) is 2.47. The lowest BCUT2D eigenvalue weighted by Gasteiger charge is -2.20. The van der Waals surface area contributed by atoms with E-state index in [0.29, 0.717) is 5.70 Å². The molecule has 4 nitrogen and oxygen atoms in total. The van der Waals surface area contributed by atoms with Crippen molar-refractivity contribution in [1.82, 2.24) is 10.3 Å². The van der Waals surface area contributed by atoms with Gasteiger partial charge in [0.15, 0.2) is 5.70 Å². The van der Waals surface area contributed by atoms with Crippen molar-refractivity contribution >= 4 is 28.8 Å². The highest BCUT2D eigenvalue weighted by Gasteiger charge is 2.29. The van der Waals surface area contributed by atoms with Gasteiger partial charge in [0.1, 0.15) is 15.9 Å². The number of hydrogen-bond donors (Lipinski definition) is 1. The molecule has 5 heteroatoms. The van der Waals surface area contributed by atoms with E-state index in [1.54, 1.807) is 11.2 Å². The Hall–Kier alpha value is -1.03. The highest BCUT2D eigenvalue weighted by atomic mass is 127. The molecule has 12 heavy (non-hydrogen) atoms. The number of halogens is 1. The van der Waals surface area contributed by atoms with Gasteiger partial charge < -0.3 is 5.32 Å². The van der Waals surface area contributed by atoms with E-state index in [1.165, 1.54) is 0 Å². The van der Waals surface area contributed by atoms with Crippen LogP contribution in [0.2, 0.25) is 0 Å². The molecule has 2 rings (SSSR count). The van der Waals surface area contributed by atoms with Crippen LogP contribution in [-0.4, -0.2) is 17.4 Å². The summed E-state index contributed by atoms with van der Waals surface area (Å²) in [5.74, 6) is 0. The van der Waals surface area contributed by atoms with Crippen molar-refractivity contribution in [3.63, 3.8) is 0 Å². The highest BCUT2D eigenvalue weighted by molar-refractivity contribution is 14.1. The summed E-state index contributed by atoms with van der Waals surface area (Å²) >= 11 is 2.10. The van der Waals surface area contributed by atoms with E-state index >= 15 is 0 Å². The van der Waals surface area contributed by atoms with E-state index in [9.17, 15) is 0 Å². The molecule has 0 spiro atoms. The second kappa shape index (κ2) is 2.79. The molecule has 0 saturated heterocycles. The summed E-state index contributed by atoms with van der Waals surface area (Å²) in [7, 11) is 0. The average Bonchev–Trinajstić information content (AvgIpc) is 2.40. The molecule has 2 aliphatic heterocycles. The van der Waals surface area contributed by atoms with Gasteiger partial charge in [0, 0.05) is 6.21 Å². The highest BCUT2D eigenvalue weighted by Crippen LogP contribution is 2.25. The van der Waals surface area contributed by atoms with Crippen LogP contribution in [0.4, 0.5) is 0 Å². The number of nitrogens with zero attached hydrogens (tertiary/aromatic N) is 3. The van der Waals surface area contributed by atoms with Crippen molar-refractivity contribution in [2.45, 2.75) is 6.17 Å². The first-order valence-corrected chi connectivity index (χ1v) is 4.47. The lowest BCUT2D eigenvalue weighted by atomic mass is 10.4. The van der Waals surface area contributed by atoms with Crippen molar-refractivity contribution in [2.75, 3.05) is 0 Å². The molecule has 0 aromatic carbocycles. The molecule has 0 aromatic rings. The fourth-order valence-corrected chi connectivity index (χ4v) is 1.81. The molecular formula is C7H5IN4. The minimum Gasteiger partial charge on any atom is -0.353 e.